The van der Waals surface area contributed by atoms with E-state index in [9.17, 15) is 4.79 Å². The summed E-state index contributed by atoms with van der Waals surface area (Å²) in [7, 11) is 0. The van der Waals surface area contributed by atoms with Crippen LogP contribution in [0.4, 0.5) is 0 Å². The van der Waals surface area contributed by atoms with Crippen LogP contribution >= 0.6 is 11.3 Å². The van der Waals surface area contributed by atoms with Crippen LogP contribution in [0, 0.1) is 0 Å². The van der Waals surface area contributed by atoms with Crippen LogP contribution in [0.25, 0.3) is 16.8 Å². The van der Waals surface area contributed by atoms with Crippen LogP contribution < -0.4 is 0 Å². The third kappa shape index (κ3) is 3.27. The number of hydrogen-bond donors (Lipinski definition) is 1. The Kier molecular flexibility index (Phi) is 3.94. The summed E-state index contributed by atoms with van der Waals surface area (Å²) in [6.45, 7) is 6.13. The van der Waals surface area contributed by atoms with Crippen LogP contribution in [0.15, 0.2) is 24.7 Å². The first-order valence-corrected chi connectivity index (χ1v) is 6.88. The topological polar surface area (TPSA) is 76.0 Å². The van der Waals surface area contributed by atoms with E-state index >= 15 is 0 Å². The van der Waals surface area contributed by atoms with E-state index in [1.165, 1.54) is 11.3 Å². The van der Waals surface area contributed by atoms with E-state index in [-0.39, 0.29) is 5.41 Å². The van der Waals surface area contributed by atoms with E-state index in [0.717, 1.165) is 21.7 Å². The van der Waals surface area contributed by atoms with Gasteiger partial charge in [0.1, 0.15) is 10.7 Å². The van der Waals surface area contributed by atoms with Crippen molar-refractivity contribution in [3.63, 3.8) is 0 Å². The zero-order chi connectivity index (χ0) is 14.8. The molecule has 2 heterocycles. The van der Waals surface area contributed by atoms with Gasteiger partial charge in [-0.15, -0.1) is 11.3 Å². The van der Waals surface area contributed by atoms with E-state index in [0.29, 0.717) is 5.69 Å². The highest BCUT2D eigenvalue weighted by molar-refractivity contribution is 7.16. The number of carboxylic acids is 1. The van der Waals surface area contributed by atoms with Gasteiger partial charge in [-0.1, -0.05) is 20.8 Å². The normalized spacial score (nSPS) is 11.9. The van der Waals surface area contributed by atoms with Crippen molar-refractivity contribution in [2.45, 2.75) is 26.2 Å². The quantitative estimate of drug-likeness (QED) is 0.879. The smallest absolute Gasteiger partial charge is 0.328 e. The molecule has 2 aromatic rings. The SMILES string of the molecule is CC(C)(C)c1nc(-c2cnccn2)sc1/C=C/C(=O)O. The van der Waals surface area contributed by atoms with Gasteiger partial charge < -0.3 is 5.11 Å². The summed E-state index contributed by atoms with van der Waals surface area (Å²) in [5.41, 5.74) is 1.38. The Balaban J connectivity index is 2.50. The number of nitrogens with zero attached hydrogens (tertiary/aromatic N) is 3. The molecule has 1 N–H and O–H groups in total. The molecule has 0 amide bonds. The number of thiazole rings is 1. The van der Waals surface area contributed by atoms with Crippen LogP contribution in [0.5, 0.6) is 0 Å². The molecule has 2 aromatic heterocycles. The number of aromatic nitrogens is 3. The molecule has 0 bridgehead atoms. The Morgan fingerprint density at radius 1 is 1.35 bits per heavy atom. The summed E-state index contributed by atoms with van der Waals surface area (Å²) < 4.78 is 0. The van der Waals surface area contributed by atoms with Gasteiger partial charge in [0.25, 0.3) is 0 Å². The summed E-state index contributed by atoms with van der Waals surface area (Å²) in [5.74, 6) is -0.973. The van der Waals surface area contributed by atoms with Crippen molar-refractivity contribution < 1.29 is 9.90 Å². The molecule has 0 aliphatic heterocycles. The standard InChI is InChI=1S/C14H15N3O2S/c1-14(2,3)12-10(4-5-11(18)19)20-13(17-12)9-8-15-6-7-16-9/h4-8H,1-3H3,(H,18,19)/b5-4+. The highest BCUT2D eigenvalue weighted by atomic mass is 32.1. The first-order chi connectivity index (χ1) is 9.38. The highest BCUT2D eigenvalue weighted by Crippen LogP contribution is 2.34. The second kappa shape index (κ2) is 5.50. The third-order valence-electron chi connectivity index (χ3n) is 2.52. The van der Waals surface area contributed by atoms with E-state index in [1.54, 1.807) is 24.7 Å². The lowest BCUT2D eigenvalue weighted by Crippen LogP contribution is -2.13. The van der Waals surface area contributed by atoms with Crippen LogP contribution in [-0.4, -0.2) is 26.0 Å². The maximum absolute atomic E-state index is 10.7. The molecule has 2 rings (SSSR count). The second-order valence-electron chi connectivity index (χ2n) is 5.24. The molecule has 0 atom stereocenters. The van der Waals surface area contributed by atoms with E-state index in [2.05, 4.69) is 15.0 Å². The minimum absolute atomic E-state index is 0.171. The zero-order valence-electron chi connectivity index (χ0n) is 11.5. The van der Waals surface area contributed by atoms with Gasteiger partial charge in [0, 0.05) is 23.9 Å². The van der Waals surface area contributed by atoms with Crippen molar-refractivity contribution in [1.29, 1.82) is 0 Å². The summed E-state index contributed by atoms with van der Waals surface area (Å²) in [5, 5.41) is 9.51. The van der Waals surface area contributed by atoms with E-state index < -0.39 is 5.97 Å². The van der Waals surface area contributed by atoms with Gasteiger partial charge in [0.15, 0.2) is 0 Å². The molecule has 5 nitrogen and oxygen atoms in total. The average Bonchev–Trinajstić information content (AvgIpc) is 2.81. The van der Waals surface area contributed by atoms with Crippen LogP contribution in [0.1, 0.15) is 31.3 Å². The number of aliphatic carboxylic acids is 1. The number of rotatable bonds is 3. The minimum atomic E-state index is -0.973. The van der Waals surface area contributed by atoms with Gasteiger partial charge in [-0.3, -0.25) is 9.97 Å². The number of carboxylic acid groups (broad SMARTS) is 1. The fourth-order valence-corrected chi connectivity index (χ4v) is 2.79. The lowest BCUT2D eigenvalue weighted by Gasteiger charge is -2.16. The highest BCUT2D eigenvalue weighted by Gasteiger charge is 2.23. The fourth-order valence-electron chi connectivity index (χ4n) is 1.65. The molecular formula is C14H15N3O2S. The molecule has 0 saturated carbocycles. The van der Waals surface area contributed by atoms with E-state index in [1.807, 2.05) is 20.8 Å². The molecule has 0 aliphatic carbocycles. The van der Waals surface area contributed by atoms with Crippen molar-refractivity contribution in [3.8, 4) is 10.7 Å². The molecule has 104 valence electrons. The molecule has 6 heteroatoms. The van der Waals surface area contributed by atoms with Gasteiger partial charge >= 0.3 is 5.97 Å². The summed E-state index contributed by atoms with van der Waals surface area (Å²) in [6.07, 6.45) is 7.58. The van der Waals surface area contributed by atoms with Crippen molar-refractivity contribution in [2.75, 3.05) is 0 Å². The molecule has 0 aliphatic rings. The molecular weight excluding hydrogens is 274 g/mol. The molecule has 0 radical (unpaired) electrons. The monoisotopic (exact) mass is 289 g/mol. The number of hydrogen-bond acceptors (Lipinski definition) is 5. The predicted octanol–water partition coefficient (Wildman–Crippen LogP) is 3.00. The lowest BCUT2D eigenvalue weighted by molar-refractivity contribution is -0.131. The second-order valence-corrected chi connectivity index (χ2v) is 6.27. The third-order valence-corrected chi connectivity index (χ3v) is 3.57. The lowest BCUT2D eigenvalue weighted by atomic mass is 9.91. The van der Waals surface area contributed by atoms with Crippen molar-refractivity contribution in [2.24, 2.45) is 0 Å². The molecule has 0 aromatic carbocycles. The Hall–Kier alpha value is -2.08. The van der Waals surface area contributed by atoms with Gasteiger partial charge in [-0.25, -0.2) is 9.78 Å². The zero-order valence-corrected chi connectivity index (χ0v) is 12.3. The Morgan fingerprint density at radius 3 is 2.65 bits per heavy atom. The Labute approximate surface area is 121 Å². The summed E-state index contributed by atoms with van der Waals surface area (Å²) >= 11 is 1.42. The minimum Gasteiger partial charge on any atom is -0.478 e. The fraction of sp³-hybridized carbons (Fsp3) is 0.286. The van der Waals surface area contributed by atoms with Crippen molar-refractivity contribution in [1.82, 2.24) is 15.0 Å². The first-order valence-electron chi connectivity index (χ1n) is 6.06. The van der Waals surface area contributed by atoms with Gasteiger partial charge in [0.05, 0.1) is 16.8 Å². The Morgan fingerprint density at radius 2 is 2.10 bits per heavy atom. The molecule has 0 spiro atoms. The van der Waals surface area contributed by atoms with Crippen LogP contribution in [0.2, 0.25) is 0 Å². The average molecular weight is 289 g/mol. The summed E-state index contributed by atoms with van der Waals surface area (Å²) in [6, 6.07) is 0. The number of carbonyl (C=O) groups is 1. The van der Waals surface area contributed by atoms with Crippen molar-refractivity contribution >= 4 is 23.4 Å². The van der Waals surface area contributed by atoms with Crippen molar-refractivity contribution in [3.05, 3.63) is 35.2 Å². The molecule has 20 heavy (non-hydrogen) atoms. The maximum atomic E-state index is 10.7. The summed E-state index contributed by atoms with van der Waals surface area (Å²) in [4.78, 5) is 24.4. The molecule has 0 saturated heterocycles. The first kappa shape index (κ1) is 14.3. The predicted molar refractivity (Wildman–Crippen MR) is 78.5 cm³/mol. The van der Waals surface area contributed by atoms with Crippen LogP contribution in [-0.2, 0) is 10.2 Å². The molecule has 0 fully saturated rings. The van der Waals surface area contributed by atoms with E-state index in [4.69, 9.17) is 5.11 Å². The Bertz CT molecular complexity index is 642. The van der Waals surface area contributed by atoms with Gasteiger partial charge in [-0.2, -0.15) is 0 Å². The molecule has 0 unspecified atom stereocenters. The van der Waals surface area contributed by atoms with Gasteiger partial charge in [0.2, 0.25) is 0 Å². The maximum Gasteiger partial charge on any atom is 0.328 e. The largest absolute Gasteiger partial charge is 0.478 e. The van der Waals surface area contributed by atoms with Crippen LogP contribution in [0.3, 0.4) is 0 Å². The van der Waals surface area contributed by atoms with Gasteiger partial charge in [-0.05, 0) is 6.08 Å².